The van der Waals surface area contributed by atoms with Crippen LogP contribution in [0.15, 0.2) is 65.8 Å². The van der Waals surface area contributed by atoms with Gasteiger partial charge in [0, 0.05) is 50.1 Å². The number of hydrogen-bond acceptors (Lipinski definition) is 9. The number of aliphatic hydroxyl groups excluding tert-OH is 1. The van der Waals surface area contributed by atoms with Crippen LogP contribution in [0.5, 0.6) is 0 Å². The maximum absolute atomic E-state index is 13.4. The van der Waals surface area contributed by atoms with Crippen molar-refractivity contribution in [3.05, 3.63) is 60.9 Å². The molecule has 2 aromatic heterocycles. The molecule has 2 aliphatic rings. The van der Waals surface area contributed by atoms with Gasteiger partial charge in [-0.05, 0) is 69.0 Å². The Morgan fingerprint density at radius 3 is 2.32 bits per heavy atom. The van der Waals surface area contributed by atoms with E-state index >= 15 is 0 Å². The Morgan fingerprint density at radius 1 is 0.927 bits per heavy atom. The molecule has 1 saturated heterocycles. The van der Waals surface area contributed by atoms with Crippen LogP contribution in [0.2, 0.25) is 0 Å². The predicted molar refractivity (Wildman–Crippen MR) is 160 cm³/mol. The van der Waals surface area contributed by atoms with Crippen LogP contribution in [-0.4, -0.2) is 75.7 Å². The molecule has 1 aliphatic heterocycles. The Labute approximate surface area is 240 Å². The van der Waals surface area contributed by atoms with Gasteiger partial charge in [0.05, 0.1) is 17.3 Å². The van der Waals surface area contributed by atoms with Gasteiger partial charge in [-0.15, -0.1) is 0 Å². The second-order valence-electron chi connectivity index (χ2n) is 10.6. The molecule has 1 aliphatic carbocycles. The lowest BCUT2D eigenvalue weighted by atomic mass is 9.93. The van der Waals surface area contributed by atoms with Crippen LogP contribution in [0.1, 0.15) is 32.6 Å². The lowest BCUT2D eigenvalue weighted by Crippen LogP contribution is -2.48. The van der Waals surface area contributed by atoms with E-state index in [1.165, 1.54) is 0 Å². The number of para-hydroxylation sites is 1. The lowest BCUT2D eigenvalue weighted by Gasteiger charge is -2.35. The van der Waals surface area contributed by atoms with Crippen molar-refractivity contribution in [3.63, 3.8) is 0 Å². The first-order valence-electron chi connectivity index (χ1n) is 14.3. The summed E-state index contributed by atoms with van der Waals surface area (Å²) >= 11 is 0. The number of anilines is 4. The van der Waals surface area contributed by atoms with Crippen LogP contribution >= 0.6 is 0 Å². The molecular formula is C29H36N8O3S. The van der Waals surface area contributed by atoms with E-state index in [1.54, 1.807) is 34.9 Å². The number of nitrogens with one attached hydrogen (secondary N) is 2. The summed E-state index contributed by atoms with van der Waals surface area (Å²) < 4.78 is 30.3. The lowest BCUT2D eigenvalue weighted by molar-refractivity contribution is 0.126. The number of hydrogen-bond donors (Lipinski definition) is 3. The fraction of sp³-hybridized carbons (Fsp3) is 0.414. The Kier molecular flexibility index (Phi) is 7.78. The van der Waals surface area contributed by atoms with Crippen molar-refractivity contribution < 1.29 is 13.5 Å². The normalized spacial score (nSPS) is 20.3. The predicted octanol–water partition coefficient (Wildman–Crippen LogP) is 3.82. The van der Waals surface area contributed by atoms with E-state index in [9.17, 15) is 13.5 Å². The molecule has 216 valence electrons. The second-order valence-corrected chi connectivity index (χ2v) is 12.6. The molecule has 41 heavy (non-hydrogen) atoms. The molecule has 0 atom stereocenters. The fourth-order valence-corrected chi connectivity index (χ4v) is 6.97. The third-order valence-electron chi connectivity index (χ3n) is 7.95. The molecule has 6 rings (SSSR count). The highest BCUT2D eigenvalue weighted by Crippen LogP contribution is 2.28. The van der Waals surface area contributed by atoms with E-state index in [0.717, 1.165) is 37.0 Å². The molecule has 0 spiro atoms. The molecule has 11 nitrogen and oxygen atoms in total. The standard InChI is InChI=1S/C29H36N8O3S/c1-2-35-20-30-26-27(33-29(34-28(26)35)32-22-8-12-24(38)13-9-22)31-21-10-14-25(15-11-21)41(39,40)37-18-16-36(17-19-37)23-6-4-3-5-7-23/h3-7,10-11,14-15,20,22,24,38H,2,8-9,12-13,16-19H2,1H3,(H2,31,32,33,34). The van der Waals surface area contributed by atoms with Crippen molar-refractivity contribution in [3.8, 4) is 0 Å². The first kappa shape index (κ1) is 27.4. The SMILES string of the molecule is CCn1cnc2c(Nc3ccc(S(=O)(=O)N4CCN(c5ccccc5)CC4)cc3)nc(NC3CCC(O)CC3)nc21. The monoisotopic (exact) mass is 576 g/mol. The topological polar surface area (TPSA) is 129 Å². The van der Waals surface area contributed by atoms with E-state index in [-0.39, 0.29) is 17.0 Å². The third kappa shape index (κ3) is 5.85. The van der Waals surface area contributed by atoms with Gasteiger partial charge in [0.15, 0.2) is 17.0 Å². The smallest absolute Gasteiger partial charge is 0.243 e. The molecule has 3 N–H and O–H groups in total. The van der Waals surface area contributed by atoms with Crippen LogP contribution in [0.4, 0.5) is 23.1 Å². The molecule has 0 unspecified atom stereocenters. The number of aromatic nitrogens is 4. The minimum atomic E-state index is -3.61. The van der Waals surface area contributed by atoms with Crippen molar-refractivity contribution in [1.29, 1.82) is 0 Å². The van der Waals surface area contributed by atoms with Crippen LogP contribution in [-0.2, 0) is 16.6 Å². The highest BCUT2D eigenvalue weighted by atomic mass is 32.2. The Bertz CT molecular complexity index is 1580. The second kappa shape index (κ2) is 11.6. The van der Waals surface area contributed by atoms with Gasteiger partial charge >= 0.3 is 0 Å². The highest BCUT2D eigenvalue weighted by Gasteiger charge is 2.28. The summed E-state index contributed by atoms with van der Waals surface area (Å²) in [6, 6.07) is 17.1. The molecule has 0 bridgehead atoms. The number of imidazole rings is 1. The zero-order chi connectivity index (χ0) is 28.4. The first-order chi connectivity index (χ1) is 19.9. The molecular weight excluding hydrogens is 540 g/mol. The maximum Gasteiger partial charge on any atom is 0.243 e. The minimum Gasteiger partial charge on any atom is -0.393 e. The van der Waals surface area contributed by atoms with E-state index in [1.807, 2.05) is 41.8 Å². The van der Waals surface area contributed by atoms with E-state index in [4.69, 9.17) is 9.97 Å². The van der Waals surface area contributed by atoms with Crippen LogP contribution in [0, 0.1) is 0 Å². The molecule has 0 amide bonds. The molecule has 4 aromatic rings. The van der Waals surface area contributed by atoms with Gasteiger partial charge in [-0.1, -0.05) is 18.2 Å². The molecule has 2 aromatic carbocycles. The Morgan fingerprint density at radius 2 is 1.63 bits per heavy atom. The van der Waals surface area contributed by atoms with Crippen LogP contribution in [0.25, 0.3) is 11.2 Å². The Hall–Kier alpha value is -3.74. The average Bonchev–Trinajstić information content (AvgIpc) is 3.42. The molecule has 12 heteroatoms. The number of fused-ring (bicyclic) bond motifs is 1. The van der Waals surface area contributed by atoms with Gasteiger partial charge in [0.25, 0.3) is 0 Å². The summed E-state index contributed by atoms with van der Waals surface area (Å²) in [6.45, 7) is 4.92. The largest absolute Gasteiger partial charge is 0.393 e. The molecule has 1 saturated carbocycles. The highest BCUT2D eigenvalue weighted by molar-refractivity contribution is 7.89. The molecule has 3 heterocycles. The van der Waals surface area contributed by atoms with Crippen molar-refractivity contribution in [2.45, 2.75) is 56.2 Å². The van der Waals surface area contributed by atoms with Crippen LogP contribution < -0.4 is 15.5 Å². The third-order valence-corrected chi connectivity index (χ3v) is 9.86. The van der Waals surface area contributed by atoms with Gasteiger partial charge < -0.3 is 25.2 Å². The van der Waals surface area contributed by atoms with E-state index in [0.29, 0.717) is 55.7 Å². The van der Waals surface area contributed by atoms with E-state index in [2.05, 4.69) is 20.5 Å². The number of sulfonamides is 1. The van der Waals surface area contributed by atoms with Gasteiger partial charge in [-0.25, -0.2) is 13.4 Å². The van der Waals surface area contributed by atoms with Gasteiger partial charge in [-0.2, -0.15) is 14.3 Å². The van der Waals surface area contributed by atoms with Crippen molar-refractivity contribution in [1.82, 2.24) is 23.8 Å². The summed E-state index contributed by atoms with van der Waals surface area (Å²) in [4.78, 5) is 16.5. The summed E-state index contributed by atoms with van der Waals surface area (Å²) in [6.07, 6.45) is 4.75. The van der Waals surface area contributed by atoms with Crippen molar-refractivity contribution >= 4 is 44.3 Å². The van der Waals surface area contributed by atoms with Crippen molar-refractivity contribution in [2.24, 2.45) is 0 Å². The van der Waals surface area contributed by atoms with Gasteiger partial charge in [-0.3, -0.25) is 0 Å². The number of aryl methyl sites for hydroxylation is 1. The summed E-state index contributed by atoms with van der Waals surface area (Å²) in [5.41, 5.74) is 3.18. The number of benzene rings is 2. The number of aliphatic hydroxyl groups is 1. The Balaban J connectivity index is 1.17. The van der Waals surface area contributed by atoms with Crippen LogP contribution in [0.3, 0.4) is 0 Å². The summed E-state index contributed by atoms with van der Waals surface area (Å²) in [5, 5.41) is 16.6. The van der Waals surface area contributed by atoms with E-state index < -0.39 is 10.0 Å². The minimum absolute atomic E-state index is 0.195. The zero-order valence-electron chi connectivity index (χ0n) is 23.1. The number of nitrogens with zero attached hydrogens (tertiary/aromatic N) is 6. The van der Waals surface area contributed by atoms with Gasteiger partial charge in [0.1, 0.15) is 0 Å². The number of rotatable bonds is 8. The summed E-state index contributed by atoms with van der Waals surface area (Å²) in [7, 11) is -3.61. The summed E-state index contributed by atoms with van der Waals surface area (Å²) in [5.74, 6) is 1.05. The molecule has 0 radical (unpaired) electrons. The first-order valence-corrected chi connectivity index (χ1v) is 15.7. The fourth-order valence-electron chi connectivity index (χ4n) is 5.55. The van der Waals surface area contributed by atoms with Crippen molar-refractivity contribution in [2.75, 3.05) is 41.7 Å². The zero-order valence-corrected chi connectivity index (χ0v) is 24.0. The maximum atomic E-state index is 13.4. The number of piperazine rings is 1. The quantitative estimate of drug-likeness (QED) is 0.287. The van der Waals surface area contributed by atoms with Gasteiger partial charge in [0.2, 0.25) is 16.0 Å². The average molecular weight is 577 g/mol. The molecule has 2 fully saturated rings.